The van der Waals surface area contributed by atoms with Gasteiger partial charge in [0, 0.05) is 43.0 Å². The van der Waals surface area contributed by atoms with Crippen LogP contribution < -0.4 is 4.74 Å². The van der Waals surface area contributed by atoms with Gasteiger partial charge in [-0.1, -0.05) is 18.2 Å². The molecule has 2 atom stereocenters. The normalized spacial score (nSPS) is 23.5. The molecule has 0 radical (unpaired) electrons. The van der Waals surface area contributed by atoms with Gasteiger partial charge in [-0.05, 0) is 78.5 Å². The second kappa shape index (κ2) is 10.5. The first-order valence-electron chi connectivity index (χ1n) is 12.1. The van der Waals surface area contributed by atoms with Crippen molar-refractivity contribution in [1.82, 2.24) is 9.80 Å². The van der Waals surface area contributed by atoms with E-state index in [1.165, 1.54) is 17.2 Å². The number of morpholine rings is 1. The van der Waals surface area contributed by atoms with Gasteiger partial charge in [0.25, 0.3) is 0 Å². The van der Waals surface area contributed by atoms with E-state index in [0.717, 1.165) is 76.5 Å². The minimum absolute atomic E-state index is 0.0405. The topological polar surface area (TPSA) is 24.9 Å². The summed E-state index contributed by atoms with van der Waals surface area (Å²) in [4.78, 5) is 5.14. The average molecular weight is 493 g/mol. The number of hydrogen-bond acceptors (Lipinski definition) is 5. The highest BCUT2D eigenvalue weighted by Gasteiger charge is 2.37. The number of halogens is 3. The van der Waals surface area contributed by atoms with Crippen LogP contribution in [0.2, 0.25) is 0 Å². The monoisotopic (exact) mass is 492 g/mol. The van der Waals surface area contributed by atoms with Gasteiger partial charge in [0.2, 0.25) is 0 Å². The lowest BCUT2D eigenvalue weighted by atomic mass is 9.81. The number of thioether (sulfide) groups is 1. The lowest BCUT2D eigenvalue weighted by Gasteiger charge is -2.38. The lowest BCUT2D eigenvalue weighted by Crippen LogP contribution is -2.37. The molecule has 0 amide bonds. The number of benzene rings is 2. The van der Waals surface area contributed by atoms with Crippen molar-refractivity contribution < 1.29 is 22.6 Å². The maximum atomic E-state index is 12.9. The van der Waals surface area contributed by atoms with Gasteiger partial charge >= 0.3 is 5.51 Å². The molecule has 4 nitrogen and oxygen atoms in total. The standard InChI is InChI=1S/C26H31F3N2O2S/c27-26(28,29)34-21-5-1-4-19(16-21)24-18-31-10-2-6-25(31)23-17-20(7-8-22(23)24)33-13-3-9-30-11-14-32-15-12-30/h1,4-5,7-8,16-17,24-25H,2-3,6,9-15,18H2/t24-,25+/m0/s1. The highest BCUT2D eigenvalue weighted by Crippen LogP contribution is 2.46. The van der Waals surface area contributed by atoms with Crippen molar-refractivity contribution in [3.63, 3.8) is 0 Å². The summed E-state index contributed by atoms with van der Waals surface area (Å²) in [7, 11) is 0. The Kier molecular flexibility index (Phi) is 7.39. The quantitative estimate of drug-likeness (QED) is 0.366. The largest absolute Gasteiger partial charge is 0.494 e. The molecular formula is C26H31F3N2O2S. The molecule has 2 fully saturated rings. The van der Waals surface area contributed by atoms with E-state index in [9.17, 15) is 13.2 Å². The van der Waals surface area contributed by atoms with Gasteiger partial charge < -0.3 is 9.47 Å². The lowest BCUT2D eigenvalue weighted by molar-refractivity contribution is -0.0328. The predicted octanol–water partition coefficient (Wildman–Crippen LogP) is 5.68. The van der Waals surface area contributed by atoms with Crippen LogP contribution in [0.25, 0.3) is 0 Å². The number of rotatable bonds is 7. The van der Waals surface area contributed by atoms with E-state index in [2.05, 4.69) is 21.9 Å². The van der Waals surface area contributed by atoms with Gasteiger partial charge in [-0.3, -0.25) is 9.80 Å². The summed E-state index contributed by atoms with van der Waals surface area (Å²) >= 11 is -0.0405. The third kappa shape index (κ3) is 5.73. The van der Waals surface area contributed by atoms with Crippen LogP contribution in [0, 0.1) is 0 Å². The number of nitrogens with zero attached hydrogens (tertiary/aromatic N) is 2. The molecule has 3 aliphatic rings. The molecule has 0 spiro atoms. The molecule has 34 heavy (non-hydrogen) atoms. The van der Waals surface area contributed by atoms with Crippen LogP contribution in [0.4, 0.5) is 13.2 Å². The Balaban J connectivity index is 1.31. The van der Waals surface area contributed by atoms with E-state index in [-0.39, 0.29) is 22.6 Å². The molecule has 0 aromatic heterocycles. The molecule has 0 unspecified atom stereocenters. The van der Waals surface area contributed by atoms with Crippen molar-refractivity contribution in [3.05, 3.63) is 59.2 Å². The number of ether oxygens (including phenoxy) is 2. The van der Waals surface area contributed by atoms with Crippen LogP contribution >= 0.6 is 11.8 Å². The maximum Gasteiger partial charge on any atom is 0.446 e. The zero-order valence-corrected chi connectivity index (χ0v) is 20.0. The first kappa shape index (κ1) is 24.0. The van der Waals surface area contributed by atoms with Gasteiger partial charge in [0.1, 0.15) is 5.75 Å². The van der Waals surface area contributed by atoms with E-state index < -0.39 is 5.51 Å². The van der Waals surface area contributed by atoms with Gasteiger partial charge in [0.05, 0.1) is 19.8 Å². The Morgan fingerprint density at radius 1 is 1.03 bits per heavy atom. The van der Waals surface area contributed by atoms with Crippen LogP contribution in [0.15, 0.2) is 47.4 Å². The van der Waals surface area contributed by atoms with Crippen LogP contribution in [0.5, 0.6) is 5.75 Å². The Morgan fingerprint density at radius 3 is 2.71 bits per heavy atom. The SMILES string of the molecule is FC(F)(F)Sc1cccc([C@@H]2CN3CCC[C@@H]3c3cc(OCCCN4CCOCC4)ccc32)c1. The fourth-order valence-electron chi connectivity index (χ4n) is 5.49. The van der Waals surface area contributed by atoms with Crippen molar-refractivity contribution in [1.29, 1.82) is 0 Å². The highest BCUT2D eigenvalue weighted by molar-refractivity contribution is 8.00. The third-order valence-electron chi connectivity index (χ3n) is 7.06. The predicted molar refractivity (Wildman–Crippen MR) is 128 cm³/mol. The fourth-order valence-corrected chi connectivity index (χ4v) is 6.10. The molecule has 0 saturated carbocycles. The van der Waals surface area contributed by atoms with E-state index in [1.54, 1.807) is 12.1 Å². The first-order valence-corrected chi connectivity index (χ1v) is 12.9. The Bertz CT molecular complexity index is 981. The van der Waals surface area contributed by atoms with Crippen LogP contribution in [-0.2, 0) is 4.74 Å². The summed E-state index contributed by atoms with van der Waals surface area (Å²) in [5.41, 5.74) is -0.844. The van der Waals surface area contributed by atoms with Gasteiger partial charge in [-0.15, -0.1) is 0 Å². The van der Waals surface area contributed by atoms with Crippen molar-refractivity contribution >= 4 is 11.8 Å². The van der Waals surface area contributed by atoms with Gasteiger partial charge in [-0.25, -0.2) is 0 Å². The zero-order valence-electron chi connectivity index (χ0n) is 19.2. The van der Waals surface area contributed by atoms with Gasteiger partial charge in [-0.2, -0.15) is 13.2 Å². The number of fused-ring (bicyclic) bond motifs is 3. The molecule has 0 aliphatic carbocycles. The second-order valence-corrected chi connectivity index (χ2v) is 10.4. The zero-order chi connectivity index (χ0) is 23.5. The minimum Gasteiger partial charge on any atom is -0.494 e. The van der Waals surface area contributed by atoms with E-state index >= 15 is 0 Å². The Hall–Kier alpha value is -1.74. The third-order valence-corrected chi connectivity index (χ3v) is 7.78. The molecule has 3 heterocycles. The van der Waals surface area contributed by atoms with Crippen molar-refractivity contribution in [3.8, 4) is 5.75 Å². The van der Waals surface area contributed by atoms with Crippen molar-refractivity contribution in [2.24, 2.45) is 0 Å². The summed E-state index contributed by atoms with van der Waals surface area (Å²) in [5.74, 6) is 0.947. The van der Waals surface area contributed by atoms with Crippen LogP contribution in [0.3, 0.4) is 0 Å². The molecule has 3 aliphatic heterocycles. The second-order valence-electron chi connectivity index (χ2n) is 9.27. The molecule has 184 valence electrons. The summed E-state index contributed by atoms with van der Waals surface area (Å²) in [6.45, 7) is 7.15. The van der Waals surface area contributed by atoms with Crippen LogP contribution in [-0.4, -0.2) is 67.9 Å². The fraction of sp³-hybridized carbons (Fsp3) is 0.538. The summed E-state index contributed by atoms with van der Waals surface area (Å²) < 4.78 is 50.3. The molecule has 0 bridgehead atoms. The highest BCUT2D eigenvalue weighted by atomic mass is 32.2. The van der Waals surface area contributed by atoms with Crippen LogP contribution in [0.1, 0.15) is 47.9 Å². The summed E-state index contributed by atoms with van der Waals surface area (Å²) in [5, 5.41) is 0. The Morgan fingerprint density at radius 2 is 1.88 bits per heavy atom. The summed E-state index contributed by atoms with van der Waals surface area (Å²) in [6.07, 6.45) is 3.23. The first-order chi connectivity index (χ1) is 16.5. The number of alkyl halides is 3. The molecule has 8 heteroatoms. The Labute approximate surface area is 203 Å². The average Bonchev–Trinajstić information content (AvgIpc) is 3.30. The minimum atomic E-state index is -4.28. The maximum absolute atomic E-state index is 12.9. The molecule has 2 aromatic carbocycles. The van der Waals surface area contributed by atoms with E-state index in [1.807, 2.05) is 12.1 Å². The molecular weight excluding hydrogens is 461 g/mol. The number of hydrogen-bond donors (Lipinski definition) is 0. The van der Waals surface area contributed by atoms with Gasteiger partial charge in [0.15, 0.2) is 0 Å². The van der Waals surface area contributed by atoms with E-state index in [0.29, 0.717) is 12.6 Å². The van der Waals surface area contributed by atoms with Crippen molar-refractivity contribution in [2.75, 3.05) is 52.5 Å². The molecule has 5 rings (SSSR count). The van der Waals surface area contributed by atoms with Crippen molar-refractivity contribution in [2.45, 2.75) is 41.6 Å². The molecule has 0 N–H and O–H groups in total. The smallest absolute Gasteiger partial charge is 0.446 e. The molecule has 2 aromatic rings. The van der Waals surface area contributed by atoms with E-state index in [4.69, 9.17) is 9.47 Å². The molecule has 2 saturated heterocycles. The summed E-state index contributed by atoms with van der Waals surface area (Å²) in [6, 6.07) is 13.7.